The third-order valence-electron chi connectivity index (χ3n) is 3.39. The van der Waals surface area contributed by atoms with Crippen LogP contribution in [0.15, 0.2) is 29.2 Å². The number of nitrogens with zero attached hydrogens (tertiary/aromatic N) is 1. The lowest BCUT2D eigenvalue weighted by Crippen LogP contribution is -2.42. The second-order valence-corrected chi connectivity index (χ2v) is 7.24. The standard InChI is InChI=1S/C14H23N3O2S.ClH/c1-17(2)11-12-3-5-14(6-4-12)20(18,19)16-13-7-9-15-10-8-13;/h3-6,13,15-16H,7-11H2,1-2H3;1H. The largest absolute Gasteiger partial charge is 0.317 e. The van der Waals surface area contributed by atoms with Gasteiger partial charge < -0.3 is 10.2 Å². The van der Waals surface area contributed by atoms with Gasteiger partial charge in [0.15, 0.2) is 0 Å². The van der Waals surface area contributed by atoms with Gasteiger partial charge in [-0.15, -0.1) is 12.4 Å². The Kier molecular flexibility index (Phi) is 7.09. The molecule has 0 atom stereocenters. The van der Waals surface area contributed by atoms with Crippen LogP contribution in [0, 0.1) is 0 Å². The molecule has 1 aliphatic rings. The van der Waals surface area contributed by atoms with E-state index >= 15 is 0 Å². The topological polar surface area (TPSA) is 61.4 Å². The molecule has 1 aromatic rings. The molecule has 1 aromatic carbocycles. The van der Waals surface area contributed by atoms with Crippen LogP contribution >= 0.6 is 12.4 Å². The van der Waals surface area contributed by atoms with E-state index in [1.807, 2.05) is 26.2 Å². The Hall–Kier alpha value is -0.660. The van der Waals surface area contributed by atoms with Crippen LogP contribution in [0.25, 0.3) is 0 Å². The van der Waals surface area contributed by atoms with E-state index < -0.39 is 10.0 Å². The Morgan fingerprint density at radius 2 is 1.76 bits per heavy atom. The summed E-state index contributed by atoms with van der Waals surface area (Å²) in [6, 6.07) is 7.15. The van der Waals surface area contributed by atoms with E-state index in [0.717, 1.165) is 38.0 Å². The monoisotopic (exact) mass is 333 g/mol. The van der Waals surface area contributed by atoms with E-state index in [-0.39, 0.29) is 18.4 Å². The summed E-state index contributed by atoms with van der Waals surface area (Å²) < 4.78 is 27.4. The second kappa shape index (κ2) is 8.10. The number of benzene rings is 1. The Labute approximate surface area is 133 Å². The molecule has 0 aliphatic carbocycles. The maximum Gasteiger partial charge on any atom is 0.240 e. The summed E-state index contributed by atoms with van der Waals surface area (Å²) in [5.41, 5.74) is 1.11. The van der Waals surface area contributed by atoms with Crippen LogP contribution in [0.3, 0.4) is 0 Å². The average Bonchev–Trinajstić information content (AvgIpc) is 2.39. The molecule has 0 amide bonds. The number of sulfonamides is 1. The third kappa shape index (κ3) is 5.56. The summed E-state index contributed by atoms with van der Waals surface area (Å²) in [5.74, 6) is 0. The number of piperidine rings is 1. The molecule has 0 aromatic heterocycles. The summed E-state index contributed by atoms with van der Waals surface area (Å²) in [7, 11) is 0.582. The van der Waals surface area contributed by atoms with Crippen LogP contribution in [0.4, 0.5) is 0 Å². The molecule has 0 bridgehead atoms. The van der Waals surface area contributed by atoms with Crippen LogP contribution in [0.5, 0.6) is 0 Å². The van der Waals surface area contributed by atoms with Gasteiger partial charge in [0.05, 0.1) is 4.90 Å². The number of hydrogen-bond donors (Lipinski definition) is 2. The molecule has 120 valence electrons. The molecule has 2 rings (SSSR count). The Morgan fingerprint density at radius 3 is 2.29 bits per heavy atom. The van der Waals surface area contributed by atoms with E-state index in [1.54, 1.807) is 12.1 Å². The number of hydrogen-bond acceptors (Lipinski definition) is 4. The minimum absolute atomic E-state index is 0. The zero-order chi connectivity index (χ0) is 14.6. The van der Waals surface area contributed by atoms with Crippen LogP contribution in [0.2, 0.25) is 0 Å². The van der Waals surface area contributed by atoms with Gasteiger partial charge in [-0.25, -0.2) is 13.1 Å². The zero-order valence-corrected chi connectivity index (χ0v) is 14.1. The number of halogens is 1. The summed E-state index contributed by atoms with van der Waals surface area (Å²) >= 11 is 0. The van der Waals surface area contributed by atoms with Gasteiger partial charge in [-0.2, -0.15) is 0 Å². The first kappa shape index (κ1) is 18.4. The second-order valence-electron chi connectivity index (χ2n) is 5.53. The van der Waals surface area contributed by atoms with Crippen molar-refractivity contribution in [3.8, 4) is 0 Å². The molecule has 7 heteroatoms. The van der Waals surface area contributed by atoms with Crippen molar-refractivity contribution in [3.05, 3.63) is 29.8 Å². The predicted molar refractivity (Wildman–Crippen MR) is 87.3 cm³/mol. The van der Waals surface area contributed by atoms with Crippen molar-refractivity contribution < 1.29 is 8.42 Å². The summed E-state index contributed by atoms with van der Waals surface area (Å²) in [6.45, 7) is 2.55. The van der Waals surface area contributed by atoms with Gasteiger partial charge in [-0.05, 0) is 57.7 Å². The molecule has 0 spiro atoms. The van der Waals surface area contributed by atoms with Crippen LogP contribution < -0.4 is 10.0 Å². The molecule has 2 N–H and O–H groups in total. The summed E-state index contributed by atoms with van der Waals surface area (Å²) in [5, 5.41) is 3.23. The summed E-state index contributed by atoms with van der Waals surface area (Å²) in [6.07, 6.45) is 1.69. The predicted octanol–water partition coefficient (Wildman–Crippen LogP) is 1.20. The quantitative estimate of drug-likeness (QED) is 0.850. The van der Waals surface area contributed by atoms with Crippen molar-refractivity contribution in [2.75, 3.05) is 27.2 Å². The fraction of sp³-hybridized carbons (Fsp3) is 0.571. The Morgan fingerprint density at radius 1 is 1.19 bits per heavy atom. The molecular formula is C14H24ClN3O2S. The van der Waals surface area contributed by atoms with Crippen molar-refractivity contribution in [2.24, 2.45) is 0 Å². The average molecular weight is 334 g/mol. The maximum atomic E-state index is 12.3. The molecule has 0 saturated carbocycles. The molecule has 5 nitrogen and oxygen atoms in total. The maximum absolute atomic E-state index is 12.3. The number of rotatable bonds is 5. The molecule has 1 fully saturated rings. The van der Waals surface area contributed by atoms with Crippen LogP contribution in [-0.4, -0.2) is 46.5 Å². The fourth-order valence-electron chi connectivity index (χ4n) is 2.37. The fourth-order valence-corrected chi connectivity index (χ4v) is 3.67. The Bertz CT molecular complexity index is 526. The van der Waals surface area contributed by atoms with Gasteiger partial charge in [0.25, 0.3) is 0 Å². The molecule has 0 radical (unpaired) electrons. The molecule has 1 aliphatic heterocycles. The van der Waals surface area contributed by atoms with Gasteiger partial charge in [0, 0.05) is 12.6 Å². The highest BCUT2D eigenvalue weighted by molar-refractivity contribution is 7.89. The number of nitrogens with one attached hydrogen (secondary N) is 2. The van der Waals surface area contributed by atoms with Crippen molar-refractivity contribution in [2.45, 2.75) is 30.3 Å². The van der Waals surface area contributed by atoms with E-state index in [0.29, 0.717) is 4.90 Å². The smallest absolute Gasteiger partial charge is 0.240 e. The van der Waals surface area contributed by atoms with Gasteiger partial charge >= 0.3 is 0 Å². The highest BCUT2D eigenvalue weighted by Crippen LogP contribution is 2.14. The lowest BCUT2D eigenvalue weighted by molar-refractivity contribution is 0.402. The van der Waals surface area contributed by atoms with Gasteiger partial charge in [-0.1, -0.05) is 12.1 Å². The van der Waals surface area contributed by atoms with Gasteiger partial charge in [0.2, 0.25) is 10.0 Å². The first-order valence-electron chi connectivity index (χ1n) is 6.94. The van der Waals surface area contributed by atoms with Crippen molar-refractivity contribution >= 4 is 22.4 Å². The SMILES string of the molecule is CN(C)Cc1ccc(S(=O)(=O)NC2CCNCC2)cc1.Cl. The normalized spacial score (nSPS) is 16.7. The van der Waals surface area contributed by atoms with E-state index in [1.165, 1.54) is 0 Å². The zero-order valence-electron chi connectivity index (χ0n) is 12.5. The Balaban J connectivity index is 0.00000220. The van der Waals surface area contributed by atoms with Crippen molar-refractivity contribution in [3.63, 3.8) is 0 Å². The lowest BCUT2D eigenvalue weighted by atomic mass is 10.1. The highest BCUT2D eigenvalue weighted by Gasteiger charge is 2.21. The van der Waals surface area contributed by atoms with E-state index in [9.17, 15) is 8.42 Å². The third-order valence-corrected chi connectivity index (χ3v) is 4.93. The summed E-state index contributed by atoms with van der Waals surface area (Å²) in [4.78, 5) is 2.40. The molecule has 1 saturated heterocycles. The minimum atomic E-state index is -3.40. The van der Waals surface area contributed by atoms with E-state index in [4.69, 9.17) is 0 Å². The molecule has 0 unspecified atom stereocenters. The first-order chi connectivity index (χ1) is 9.47. The molecule has 21 heavy (non-hydrogen) atoms. The van der Waals surface area contributed by atoms with Crippen LogP contribution in [0.1, 0.15) is 18.4 Å². The molecule has 1 heterocycles. The van der Waals surface area contributed by atoms with Crippen LogP contribution in [-0.2, 0) is 16.6 Å². The van der Waals surface area contributed by atoms with Crippen molar-refractivity contribution in [1.82, 2.24) is 14.9 Å². The van der Waals surface area contributed by atoms with E-state index in [2.05, 4.69) is 14.9 Å². The van der Waals surface area contributed by atoms with Gasteiger partial charge in [-0.3, -0.25) is 0 Å². The highest BCUT2D eigenvalue weighted by atomic mass is 35.5. The minimum Gasteiger partial charge on any atom is -0.317 e. The van der Waals surface area contributed by atoms with Gasteiger partial charge in [0.1, 0.15) is 0 Å². The lowest BCUT2D eigenvalue weighted by Gasteiger charge is -2.23. The molecular weight excluding hydrogens is 310 g/mol. The van der Waals surface area contributed by atoms with Crippen molar-refractivity contribution in [1.29, 1.82) is 0 Å². The first-order valence-corrected chi connectivity index (χ1v) is 8.42.